The Bertz CT molecular complexity index is 404. The van der Waals surface area contributed by atoms with Crippen LogP contribution in [-0.2, 0) is 4.79 Å². The van der Waals surface area contributed by atoms with Gasteiger partial charge in [0.25, 0.3) is 0 Å². The standard InChI is InChI=1S/C14H21ClN2O2/c1-3-8-14(2,16)13(18)17-9-10-19-12-6-4-11(15)5-7-12/h4-7H,3,8-10,16H2,1-2H3,(H,17,18). The minimum atomic E-state index is -0.810. The molecule has 0 aromatic heterocycles. The van der Waals surface area contributed by atoms with E-state index >= 15 is 0 Å². The average molecular weight is 285 g/mol. The molecule has 0 bridgehead atoms. The summed E-state index contributed by atoms with van der Waals surface area (Å²) >= 11 is 5.77. The summed E-state index contributed by atoms with van der Waals surface area (Å²) in [6.45, 7) is 4.57. The minimum Gasteiger partial charge on any atom is -0.492 e. The third kappa shape index (κ3) is 5.49. The number of benzene rings is 1. The lowest BCUT2D eigenvalue weighted by Gasteiger charge is -2.22. The summed E-state index contributed by atoms with van der Waals surface area (Å²) in [5.74, 6) is 0.580. The molecule has 1 amide bonds. The van der Waals surface area contributed by atoms with Crippen LogP contribution in [0.1, 0.15) is 26.7 Å². The Morgan fingerprint density at radius 3 is 2.63 bits per heavy atom. The summed E-state index contributed by atoms with van der Waals surface area (Å²) in [6, 6.07) is 7.09. The first kappa shape index (κ1) is 15.8. The maximum absolute atomic E-state index is 11.8. The second-order valence-electron chi connectivity index (χ2n) is 4.73. The monoisotopic (exact) mass is 284 g/mol. The number of carbonyl (C=O) groups excluding carboxylic acids is 1. The highest BCUT2D eigenvalue weighted by molar-refractivity contribution is 6.30. The molecule has 0 aliphatic heterocycles. The Balaban J connectivity index is 2.27. The van der Waals surface area contributed by atoms with Crippen LogP contribution in [0.4, 0.5) is 0 Å². The first-order valence-corrected chi connectivity index (χ1v) is 6.79. The predicted octanol–water partition coefficient (Wildman–Crippen LogP) is 2.35. The van der Waals surface area contributed by atoms with Gasteiger partial charge in [0.2, 0.25) is 5.91 Å². The van der Waals surface area contributed by atoms with E-state index in [0.29, 0.717) is 24.6 Å². The minimum absolute atomic E-state index is 0.144. The number of rotatable bonds is 7. The largest absolute Gasteiger partial charge is 0.492 e. The van der Waals surface area contributed by atoms with E-state index in [0.717, 1.165) is 12.2 Å². The Morgan fingerprint density at radius 2 is 2.05 bits per heavy atom. The number of nitrogens with one attached hydrogen (secondary N) is 1. The molecule has 1 aromatic carbocycles. The third-order valence-electron chi connectivity index (χ3n) is 2.76. The van der Waals surface area contributed by atoms with E-state index in [-0.39, 0.29) is 5.91 Å². The Hall–Kier alpha value is -1.26. The van der Waals surface area contributed by atoms with E-state index in [2.05, 4.69) is 5.32 Å². The van der Waals surface area contributed by atoms with E-state index in [9.17, 15) is 4.79 Å². The van der Waals surface area contributed by atoms with Gasteiger partial charge in [0.05, 0.1) is 12.1 Å². The summed E-state index contributed by atoms with van der Waals surface area (Å²) in [6.07, 6.45) is 1.54. The highest BCUT2D eigenvalue weighted by Crippen LogP contribution is 2.15. The molecule has 0 fully saturated rings. The lowest BCUT2D eigenvalue weighted by molar-refractivity contribution is -0.126. The van der Waals surface area contributed by atoms with Gasteiger partial charge in [-0.3, -0.25) is 4.79 Å². The van der Waals surface area contributed by atoms with Crippen LogP contribution in [0.15, 0.2) is 24.3 Å². The highest BCUT2D eigenvalue weighted by Gasteiger charge is 2.26. The van der Waals surface area contributed by atoms with Gasteiger partial charge in [-0.05, 0) is 37.6 Å². The molecule has 3 N–H and O–H groups in total. The van der Waals surface area contributed by atoms with Crippen molar-refractivity contribution in [3.05, 3.63) is 29.3 Å². The number of carbonyl (C=O) groups is 1. The van der Waals surface area contributed by atoms with E-state index in [1.165, 1.54) is 0 Å². The van der Waals surface area contributed by atoms with Crippen LogP contribution in [0.25, 0.3) is 0 Å². The maximum atomic E-state index is 11.8. The Kier molecular flexibility index (Phi) is 6.12. The quantitative estimate of drug-likeness (QED) is 0.756. The number of hydrogen-bond acceptors (Lipinski definition) is 3. The van der Waals surface area contributed by atoms with Gasteiger partial charge in [0.1, 0.15) is 12.4 Å². The van der Waals surface area contributed by atoms with Gasteiger partial charge in [-0.2, -0.15) is 0 Å². The normalized spacial score (nSPS) is 13.7. The number of amides is 1. The van der Waals surface area contributed by atoms with Gasteiger partial charge in [0.15, 0.2) is 0 Å². The number of halogens is 1. The molecule has 1 rings (SSSR count). The van der Waals surface area contributed by atoms with Crippen LogP contribution in [-0.4, -0.2) is 24.6 Å². The fourth-order valence-electron chi connectivity index (χ4n) is 1.70. The third-order valence-corrected chi connectivity index (χ3v) is 3.01. The topological polar surface area (TPSA) is 64.4 Å². The van der Waals surface area contributed by atoms with Crippen LogP contribution in [0.5, 0.6) is 5.75 Å². The average Bonchev–Trinajstić information content (AvgIpc) is 2.36. The fourth-order valence-corrected chi connectivity index (χ4v) is 1.83. The van der Waals surface area contributed by atoms with Crippen LogP contribution in [0.2, 0.25) is 5.02 Å². The van der Waals surface area contributed by atoms with E-state index in [4.69, 9.17) is 22.1 Å². The van der Waals surface area contributed by atoms with Crippen molar-refractivity contribution < 1.29 is 9.53 Å². The van der Waals surface area contributed by atoms with Crippen molar-refractivity contribution in [1.82, 2.24) is 5.32 Å². The van der Waals surface area contributed by atoms with Crippen molar-refractivity contribution in [3.8, 4) is 5.75 Å². The van der Waals surface area contributed by atoms with Crippen molar-refractivity contribution in [2.45, 2.75) is 32.2 Å². The molecule has 0 heterocycles. The van der Waals surface area contributed by atoms with Gasteiger partial charge < -0.3 is 15.8 Å². The van der Waals surface area contributed by atoms with Gasteiger partial charge in [-0.1, -0.05) is 24.9 Å². The second-order valence-corrected chi connectivity index (χ2v) is 5.16. The molecule has 0 radical (unpaired) electrons. The molecule has 4 nitrogen and oxygen atoms in total. The van der Waals surface area contributed by atoms with Crippen molar-refractivity contribution in [2.24, 2.45) is 5.73 Å². The summed E-state index contributed by atoms with van der Waals surface area (Å²) in [5, 5.41) is 3.44. The zero-order valence-electron chi connectivity index (χ0n) is 11.4. The molecule has 0 saturated carbocycles. The highest BCUT2D eigenvalue weighted by atomic mass is 35.5. The lowest BCUT2D eigenvalue weighted by atomic mass is 9.97. The molecule has 1 atom stereocenters. The number of nitrogens with two attached hydrogens (primary N) is 1. The molecule has 5 heteroatoms. The van der Waals surface area contributed by atoms with Gasteiger partial charge in [-0.25, -0.2) is 0 Å². The summed E-state index contributed by atoms with van der Waals surface area (Å²) in [7, 11) is 0. The Morgan fingerprint density at radius 1 is 1.42 bits per heavy atom. The van der Waals surface area contributed by atoms with E-state index in [1.807, 2.05) is 6.92 Å². The van der Waals surface area contributed by atoms with Crippen LogP contribution >= 0.6 is 11.6 Å². The van der Waals surface area contributed by atoms with Crippen LogP contribution < -0.4 is 15.8 Å². The van der Waals surface area contributed by atoms with Gasteiger partial charge in [-0.15, -0.1) is 0 Å². The fraction of sp³-hybridized carbons (Fsp3) is 0.500. The number of ether oxygens (including phenoxy) is 1. The molecule has 1 aromatic rings. The Labute approximate surface area is 119 Å². The van der Waals surface area contributed by atoms with Gasteiger partial charge in [0, 0.05) is 5.02 Å². The maximum Gasteiger partial charge on any atom is 0.239 e. The first-order chi connectivity index (χ1) is 8.95. The van der Waals surface area contributed by atoms with Crippen molar-refractivity contribution in [1.29, 1.82) is 0 Å². The zero-order chi connectivity index (χ0) is 14.3. The van der Waals surface area contributed by atoms with E-state index in [1.54, 1.807) is 31.2 Å². The second kappa shape index (κ2) is 7.36. The molecule has 106 valence electrons. The first-order valence-electron chi connectivity index (χ1n) is 6.41. The smallest absolute Gasteiger partial charge is 0.239 e. The predicted molar refractivity (Wildman–Crippen MR) is 77.5 cm³/mol. The van der Waals surface area contributed by atoms with Crippen molar-refractivity contribution in [3.63, 3.8) is 0 Å². The molecule has 0 aliphatic carbocycles. The van der Waals surface area contributed by atoms with E-state index < -0.39 is 5.54 Å². The molecular weight excluding hydrogens is 264 g/mol. The molecule has 19 heavy (non-hydrogen) atoms. The van der Waals surface area contributed by atoms with Crippen LogP contribution in [0, 0.1) is 0 Å². The van der Waals surface area contributed by atoms with Crippen molar-refractivity contribution >= 4 is 17.5 Å². The molecule has 1 unspecified atom stereocenters. The van der Waals surface area contributed by atoms with Gasteiger partial charge >= 0.3 is 0 Å². The molecule has 0 aliphatic rings. The summed E-state index contributed by atoms with van der Waals surface area (Å²) < 4.78 is 5.47. The van der Waals surface area contributed by atoms with Crippen LogP contribution in [0.3, 0.4) is 0 Å². The summed E-state index contributed by atoms with van der Waals surface area (Å²) in [4.78, 5) is 11.8. The SMILES string of the molecule is CCCC(C)(N)C(=O)NCCOc1ccc(Cl)cc1. The van der Waals surface area contributed by atoms with Crippen molar-refractivity contribution in [2.75, 3.05) is 13.2 Å². The molecule has 0 saturated heterocycles. The number of hydrogen-bond donors (Lipinski definition) is 2. The molecular formula is C14H21ClN2O2. The zero-order valence-corrected chi connectivity index (χ0v) is 12.2. The summed E-state index contributed by atoms with van der Waals surface area (Å²) in [5.41, 5.74) is 5.10. The lowest BCUT2D eigenvalue weighted by Crippen LogP contribution is -2.52. The molecule has 0 spiro atoms.